The molecule has 0 aliphatic carbocycles. The van der Waals surface area contributed by atoms with Crippen molar-refractivity contribution in [3.8, 4) is 17.2 Å². The van der Waals surface area contributed by atoms with E-state index in [1.54, 1.807) is 0 Å². The minimum Gasteiger partial charge on any atom is -0.409 e. The van der Waals surface area contributed by atoms with Crippen molar-refractivity contribution in [1.29, 1.82) is 0 Å². The lowest BCUT2D eigenvalue weighted by Gasteiger charge is -2.18. The fourth-order valence-corrected chi connectivity index (χ4v) is 7.24. The number of hydrogen-bond acceptors (Lipinski definition) is 3. The Hall–Kier alpha value is -4.42. The van der Waals surface area contributed by atoms with Gasteiger partial charge in [0.05, 0.1) is 0 Å². The molecular formula is C36H30O3P2. The van der Waals surface area contributed by atoms with Gasteiger partial charge in [0.2, 0.25) is 0 Å². The van der Waals surface area contributed by atoms with Gasteiger partial charge in [-0.2, -0.15) is 0 Å². The maximum atomic E-state index is 5.84. The lowest BCUT2D eigenvalue weighted by Crippen LogP contribution is -2.20. The van der Waals surface area contributed by atoms with Crippen LogP contribution in [0.3, 0.4) is 0 Å². The van der Waals surface area contributed by atoms with E-state index >= 15 is 0 Å². The van der Waals surface area contributed by atoms with Crippen molar-refractivity contribution in [2.24, 2.45) is 0 Å². The normalized spacial score (nSPS) is 10.4. The molecule has 5 heteroatoms. The average Bonchev–Trinajstić information content (AvgIpc) is 3.05. The highest BCUT2D eigenvalue weighted by atomic mass is 31.2. The van der Waals surface area contributed by atoms with Gasteiger partial charge in [0, 0.05) is 0 Å². The predicted molar refractivity (Wildman–Crippen MR) is 173 cm³/mol. The summed E-state index contributed by atoms with van der Waals surface area (Å²) in [6, 6.07) is 60.8. The van der Waals surface area contributed by atoms with Crippen LogP contribution in [-0.2, 0) is 0 Å². The van der Waals surface area contributed by atoms with Gasteiger partial charge in [0.1, 0.15) is 17.2 Å². The summed E-state index contributed by atoms with van der Waals surface area (Å²) in [5.41, 5.74) is 0. The standard InChI is InChI=1S/C18H15O3P.C18H15P/c1-4-10-16(11-5-1)19-22(20-17-12-6-2-7-13-17)21-18-14-8-3-9-15-18;1-4-10-16(11-5-1)19(17-12-6-2-7-13-17)18-14-8-3-9-15-18/h1-15H;1-15H. The van der Waals surface area contributed by atoms with Crippen molar-refractivity contribution >= 4 is 32.4 Å². The summed E-state index contributed by atoms with van der Waals surface area (Å²) in [5.74, 6) is 2.13. The summed E-state index contributed by atoms with van der Waals surface area (Å²) >= 11 is 0. The summed E-state index contributed by atoms with van der Waals surface area (Å²) in [6.45, 7) is 0. The maximum Gasteiger partial charge on any atom is 0.530 e. The van der Waals surface area contributed by atoms with Gasteiger partial charge in [0.25, 0.3) is 0 Å². The van der Waals surface area contributed by atoms with Gasteiger partial charge < -0.3 is 13.6 Å². The maximum absolute atomic E-state index is 5.84. The van der Waals surface area contributed by atoms with Crippen molar-refractivity contribution in [3.63, 3.8) is 0 Å². The zero-order valence-electron chi connectivity index (χ0n) is 22.4. The van der Waals surface area contributed by atoms with Crippen LogP contribution in [0.15, 0.2) is 182 Å². The first kappa shape index (κ1) is 28.1. The Morgan fingerprint density at radius 3 is 0.732 bits per heavy atom. The van der Waals surface area contributed by atoms with Crippen LogP contribution in [0.2, 0.25) is 0 Å². The number of para-hydroxylation sites is 3. The van der Waals surface area contributed by atoms with E-state index in [0.717, 1.165) is 0 Å². The van der Waals surface area contributed by atoms with E-state index in [-0.39, 0.29) is 0 Å². The van der Waals surface area contributed by atoms with E-state index in [2.05, 4.69) is 91.0 Å². The molecule has 0 spiro atoms. The minimum atomic E-state index is -1.59. The third kappa shape index (κ3) is 8.78. The molecule has 0 aliphatic rings. The molecule has 0 aliphatic heterocycles. The Morgan fingerprint density at radius 2 is 0.488 bits per heavy atom. The van der Waals surface area contributed by atoms with Crippen LogP contribution in [0.1, 0.15) is 0 Å². The first-order valence-electron chi connectivity index (χ1n) is 13.3. The third-order valence-electron chi connectivity index (χ3n) is 5.81. The summed E-state index contributed by atoms with van der Waals surface area (Å²) < 4.78 is 17.5. The van der Waals surface area contributed by atoms with Crippen molar-refractivity contribution in [2.75, 3.05) is 0 Å². The van der Waals surface area contributed by atoms with E-state index in [1.807, 2.05) is 91.0 Å². The molecule has 0 N–H and O–H groups in total. The molecular weight excluding hydrogens is 542 g/mol. The van der Waals surface area contributed by atoms with Gasteiger partial charge in [-0.25, -0.2) is 0 Å². The monoisotopic (exact) mass is 572 g/mol. The van der Waals surface area contributed by atoms with Crippen LogP contribution in [0.25, 0.3) is 0 Å². The highest BCUT2D eigenvalue weighted by molar-refractivity contribution is 7.79. The minimum absolute atomic E-state index is 0.446. The number of rotatable bonds is 9. The lowest BCUT2D eigenvalue weighted by molar-refractivity contribution is 0.388. The molecule has 0 heterocycles. The third-order valence-corrected chi connectivity index (χ3v) is 9.34. The van der Waals surface area contributed by atoms with Crippen LogP contribution in [0, 0.1) is 0 Å². The van der Waals surface area contributed by atoms with E-state index in [9.17, 15) is 0 Å². The smallest absolute Gasteiger partial charge is 0.409 e. The molecule has 6 rings (SSSR count). The molecule has 6 aromatic carbocycles. The van der Waals surface area contributed by atoms with E-state index < -0.39 is 16.5 Å². The van der Waals surface area contributed by atoms with E-state index in [4.69, 9.17) is 13.6 Å². The predicted octanol–water partition coefficient (Wildman–Crippen LogP) is 8.90. The van der Waals surface area contributed by atoms with Crippen LogP contribution >= 0.6 is 16.5 Å². The molecule has 0 amide bonds. The van der Waals surface area contributed by atoms with Crippen molar-refractivity contribution < 1.29 is 13.6 Å². The molecule has 0 aromatic heterocycles. The topological polar surface area (TPSA) is 27.7 Å². The summed E-state index contributed by atoms with van der Waals surface area (Å²) in [7, 11) is -2.04. The molecule has 0 fully saturated rings. The Kier molecular flexibility index (Phi) is 10.6. The van der Waals surface area contributed by atoms with Crippen molar-refractivity contribution in [2.45, 2.75) is 0 Å². The van der Waals surface area contributed by atoms with Gasteiger partial charge in [-0.05, 0) is 60.2 Å². The summed E-state index contributed by atoms with van der Waals surface area (Å²) in [4.78, 5) is 0. The Balaban J connectivity index is 0.000000166. The van der Waals surface area contributed by atoms with Gasteiger partial charge in [-0.3, -0.25) is 0 Å². The number of hydrogen-bond donors (Lipinski definition) is 0. The second-order valence-electron chi connectivity index (χ2n) is 8.78. The first-order chi connectivity index (χ1) is 20.3. The lowest BCUT2D eigenvalue weighted by atomic mass is 10.3. The average molecular weight is 573 g/mol. The second kappa shape index (κ2) is 15.4. The van der Waals surface area contributed by atoms with E-state index in [1.165, 1.54) is 15.9 Å². The van der Waals surface area contributed by atoms with Crippen LogP contribution in [0.5, 0.6) is 17.2 Å². The van der Waals surface area contributed by atoms with Crippen molar-refractivity contribution in [3.05, 3.63) is 182 Å². The summed E-state index contributed by atoms with van der Waals surface area (Å²) in [5, 5.41) is 4.19. The molecule has 0 radical (unpaired) electrons. The highest BCUT2D eigenvalue weighted by Gasteiger charge is 2.19. The molecule has 41 heavy (non-hydrogen) atoms. The Bertz CT molecular complexity index is 1350. The fraction of sp³-hybridized carbons (Fsp3) is 0. The molecule has 202 valence electrons. The molecule has 0 unspecified atom stereocenters. The highest BCUT2D eigenvalue weighted by Crippen LogP contribution is 2.42. The molecule has 6 aromatic rings. The second-order valence-corrected chi connectivity index (χ2v) is 12.0. The van der Waals surface area contributed by atoms with Gasteiger partial charge in [0.15, 0.2) is 0 Å². The first-order valence-corrected chi connectivity index (χ1v) is 15.7. The van der Waals surface area contributed by atoms with E-state index in [0.29, 0.717) is 17.2 Å². The van der Waals surface area contributed by atoms with Gasteiger partial charge in [-0.1, -0.05) is 146 Å². The largest absolute Gasteiger partial charge is 0.530 e. The molecule has 0 bridgehead atoms. The van der Waals surface area contributed by atoms with Crippen LogP contribution in [-0.4, -0.2) is 0 Å². The summed E-state index contributed by atoms with van der Waals surface area (Å²) in [6.07, 6.45) is 0. The Labute approximate surface area is 244 Å². The zero-order valence-corrected chi connectivity index (χ0v) is 24.2. The van der Waals surface area contributed by atoms with Crippen LogP contribution in [0.4, 0.5) is 0 Å². The SMILES string of the molecule is c1ccc(OP(Oc2ccccc2)Oc2ccccc2)cc1.c1ccc(P(c2ccccc2)c2ccccc2)cc1. The number of benzene rings is 6. The zero-order chi connectivity index (χ0) is 28.0. The fourth-order valence-electron chi connectivity index (χ4n) is 3.94. The Morgan fingerprint density at radius 1 is 0.268 bits per heavy atom. The van der Waals surface area contributed by atoms with Gasteiger partial charge in [-0.15, -0.1) is 0 Å². The van der Waals surface area contributed by atoms with Gasteiger partial charge >= 0.3 is 8.60 Å². The molecule has 0 saturated heterocycles. The molecule has 0 atom stereocenters. The molecule has 0 saturated carbocycles. The quantitative estimate of drug-likeness (QED) is 0.162. The van der Waals surface area contributed by atoms with Crippen molar-refractivity contribution in [1.82, 2.24) is 0 Å². The van der Waals surface area contributed by atoms with Crippen LogP contribution < -0.4 is 29.5 Å². The molecule has 3 nitrogen and oxygen atoms in total.